The molecular weight excluding hydrogens is 544 g/mol. The molecule has 9 nitrogen and oxygen atoms in total. The zero-order valence-electron chi connectivity index (χ0n) is 24.1. The van der Waals surface area contributed by atoms with Crippen molar-refractivity contribution in [3.05, 3.63) is 68.7 Å². The van der Waals surface area contributed by atoms with E-state index >= 15 is 0 Å². The summed E-state index contributed by atoms with van der Waals surface area (Å²) in [5, 5.41) is 0.882. The Balaban J connectivity index is 1.60. The molecule has 2 aromatic carbocycles. The van der Waals surface area contributed by atoms with Gasteiger partial charge in [-0.2, -0.15) is 0 Å². The maximum absolute atomic E-state index is 13.4. The highest BCUT2D eigenvalue weighted by molar-refractivity contribution is 6.32. The number of anilines is 1. The second kappa shape index (κ2) is 12.3. The van der Waals surface area contributed by atoms with Crippen LogP contribution in [0.5, 0.6) is 0 Å². The van der Waals surface area contributed by atoms with Crippen LogP contribution in [0.15, 0.2) is 41.2 Å². The standard InChI is InChI=1S/C31H35ClN4O5/c1-7-14-35(22-12-10-20(11-13-22)29(38)41-31(2,3)4)18-21-16-23-25(17-24(21)32)33-27(34(5)28(23)37)19-36-15-8-9-26(36)30(39)40-6/h1,10-13,16-17,26H,8-9,14-15,18-19H2,2-6H3/t26-/m0/s1. The summed E-state index contributed by atoms with van der Waals surface area (Å²) in [4.78, 5) is 46.7. The zero-order chi connectivity index (χ0) is 29.9. The average molecular weight is 579 g/mol. The van der Waals surface area contributed by atoms with E-state index in [0.29, 0.717) is 52.4 Å². The van der Waals surface area contributed by atoms with Gasteiger partial charge in [-0.25, -0.2) is 9.78 Å². The van der Waals surface area contributed by atoms with E-state index in [1.54, 1.807) is 43.4 Å². The van der Waals surface area contributed by atoms with Gasteiger partial charge in [-0.05, 0) is 82.1 Å². The first-order chi connectivity index (χ1) is 19.4. The van der Waals surface area contributed by atoms with Crippen LogP contribution in [0.25, 0.3) is 10.9 Å². The predicted molar refractivity (Wildman–Crippen MR) is 159 cm³/mol. The van der Waals surface area contributed by atoms with Gasteiger partial charge in [0.05, 0.1) is 36.7 Å². The smallest absolute Gasteiger partial charge is 0.338 e. The second-order valence-electron chi connectivity index (χ2n) is 11.1. The summed E-state index contributed by atoms with van der Waals surface area (Å²) in [6, 6.07) is 10.1. The van der Waals surface area contributed by atoms with Crippen molar-refractivity contribution >= 4 is 40.1 Å². The number of hydrogen-bond acceptors (Lipinski definition) is 8. The SMILES string of the molecule is C#CCN(Cc1cc2c(=O)n(C)c(CN3CCC[C@H]3C(=O)OC)nc2cc1Cl)c1ccc(C(=O)OC(C)(C)C)cc1. The number of likely N-dealkylation sites (tertiary alicyclic amines) is 1. The molecule has 1 aromatic heterocycles. The van der Waals surface area contributed by atoms with Gasteiger partial charge in [-0.1, -0.05) is 17.5 Å². The van der Waals surface area contributed by atoms with E-state index in [9.17, 15) is 14.4 Å². The molecule has 1 atom stereocenters. The van der Waals surface area contributed by atoms with Crippen molar-refractivity contribution in [3.8, 4) is 12.3 Å². The van der Waals surface area contributed by atoms with Crippen LogP contribution in [0.4, 0.5) is 5.69 Å². The molecule has 0 N–H and O–H groups in total. The van der Waals surface area contributed by atoms with Gasteiger partial charge in [0.1, 0.15) is 17.5 Å². The molecule has 0 aliphatic carbocycles. The number of esters is 2. The lowest BCUT2D eigenvalue weighted by Gasteiger charge is -2.24. The Hall–Kier alpha value is -3.87. The summed E-state index contributed by atoms with van der Waals surface area (Å²) in [6.07, 6.45) is 7.25. The Morgan fingerprint density at radius 2 is 1.93 bits per heavy atom. The fourth-order valence-corrected chi connectivity index (χ4v) is 5.16. The third-order valence-corrected chi connectivity index (χ3v) is 7.38. The number of carbonyl (C=O) groups is 2. The molecule has 1 saturated heterocycles. The summed E-state index contributed by atoms with van der Waals surface area (Å²) >= 11 is 6.70. The number of carbonyl (C=O) groups excluding carboxylic acids is 2. The summed E-state index contributed by atoms with van der Waals surface area (Å²) in [5.74, 6) is 2.52. The number of hydrogen-bond donors (Lipinski definition) is 0. The molecule has 10 heteroatoms. The minimum Gasteiger partial charge on any atom is -0.468 e. The molecule has 0 unspecified atom stereocenters. The van der Waals surface area contributed by atoms with Gasteiger partial charge in [0.2, 0.25) is 0 Å². The fourth-order valence-electron chi connectivity index (χ4n) is 4.95. The van der Waals surface area contributed by atoms with Gasteiger partial charge < -0.3 is 14.4 Å². The minimum atomic E-state index is -0.593. The van der Waals surface area contributed by atoms with Crippen molar-refractivity contribution in [2.24, 2.45) is 7.05 Å². The van der Waals surface area contributed by atoms with Crippen molar-refractivity contribution < 1.29 is 19.1 Å². The van der Waals surface area contributed by atoms with E-state index in [4.69, 9.17) is 32.5 Å². The first-order valence-electron chi connectivity index (χ1n) is 13.4. The minimum absolute atomic E-state index is 0.207. The predicted octanol–water partition coefficient (Wildman–Crippen LogP) is 4.32. The summed E-state index contributed by atoms with van der Waals surface area (Å²) in [7, 11) is 3.06. The molecule has 1 aliphatic rings. The first kappa shape index (κ1) is 30.1. The molecule has 0 bridgehead atoms. The van der Waals surface area contributed by atoms with E-state index < -0.39 is 11.6 Å². The van der Waals surface area contributed by atoms with Gasteiger partial charge in [0.15, 0.2) is 0 Å². The summed E-state index contributed by atoms with van der Waals surface area (Å²) in [6.45, 7) is 7.14. The Morgan fingerprint density at radius 1 is 1.22 bits per heavy atom. The Morgan fingerprint density at radius 3 is 2.56 bits per heavy atom. The molecule has 0 spiro atoms. The third kappa shape index (κ3) is 6.89. The lowest BCUT2D eigenvalue weighted by atomic mass is 10.1. The normalized spacial score (nSPS) is 15.5. The van der Waals surface area contributed by atoms with Gasteiger partial charge in [0.25, 0.3) is 5.56 Å². The average Bonchev–Trinajstić information content (AvgIpc) is 3.39. The first-order valence-corrected chi connectivity index (χ1v) is 13.8. The van der Waals surface area contributed by atoms with Gasteiger partial charge in [-0.3, -0.25) is 19.1 Å². The molecule has 4 rings (SSSR count). The maximum atomic E-state index is 13.4. The highest BCUT2D eigenvalue weighted by atomic mass is 35.5. The Labute approximate surface area is 245 Å². The van der Waals surface area contributed by atoms with Crippen molar-refractivity contribution in [2.45, 2.75) is 58.3 Å². The van der Waals surface area contributed by atoms with Crippen LogP contribution in [-0.2, 0) is 34.4 Å². The molecule has 1 fully saturated rings. The van der Waals surface area contributed by atoms with E-state index in [-0.39, 0.29) is 24.1 Å². The highest BCUT2D eigenvalue weighted by Crippen LogP contribution is 2.27. The number of fused-ring (bicyclic) bond motifs is 1. The van der Waals surface area contributed by atoms with E-state index in [1.807, 2.05) is 30.6 Å². The quantitative estimate of drug-likeness (QED) is 0.288. The summed E-state index contributed by atoms with van der Waals surface area (Å²) in [5.41, 5.74) is 1.62. The van der Waals surface area contributed by atoms with Gasteiger partial charge in [0, 0.05) is 24.3 Å². The van der Waals surface area contributed by atoms with Crippen molar-refractivity contribution in [3.63, 3.8) is 0 Å². The largest absolute Gasteiger partial charge is 0.468 e. The molecule has 216 valence electrons. The van der Waals surface area contributed by atoms with Crippen LogP contribution in [0, 0.1) is 12.3 Å². The highest BCUT2D eigenvalue weighted by Gasteiger charge is 2.32. The molecule has 3 aromatic rings. The van der Waals surface area contributed by atoms with Crippen molar-refractivity contribution in [1.82, 2.24) is 14.5 Å². The molecule has 41 heavy (non-hydrogen) atoms. The van der Waals surface area contributed by atoms with Gasteiger partial charge in [-0.15, -0.1) is 6.42 Å². The molecule has 0 amide bonds. The van der Waals surface area contributed by atoms with Crippen LogP contribution in [0.1, 0.15) is 55.4 Å². The van der Waals surface area contributed by atoms with E-state index in [1.165, 1.54) is 11.7 Å². The number of rotatable bonds is 8. The molecule has 0 radical (unpaired) electrons. The summed E-state index contributed by atoms with van der Waals surface area (Å²) < 4.78 is 11.9. The third-order valence-electron chi connectivity index (χ3n) is 7.03. The lowest BCUT2D eigenvalue weighted by Crippen LogP contribution is -2.38. The fraction of sp³-hybridized carbons (Fsp3) is 0.419. The number of nitrogens with zero attached hydrogens (tertiary/aromatic N) is 4. The zero-order valence-corrected chi connectivity index (χ0v) is 24.8. The lowest BCUT2D eigenvalue weighted by molar-refractivity contribution is -0.146. The molecule has 0 saturated carbocycles. The van der Waals surface area contributed by atoms with Crippen LogP contribution in [0.2, 0.25) is 5.02 Å². The molecule has 2 heterocycles. The van der Waals surface area contributed by atoms with Crippen molar-refractivity contribution in [1.29, 1.82) is 0 Å². The second-order valence-corrected chi connectivity index (χ2v) is 11.5. The molecular formula is C31H35ClN4O5. The number of methoxy groups -OCH3 is 1. The Kier molecular flexibility index (Phi) is 9.05. The Bertz CT molecular complexity index is 1550. The van der Waals surface area contributed by atoms with Crippen LogP contribution >= 0.6 is 11.6 Å². The number of benzene rings is 2. The number of ether oxygens (including phenoxy) is 2. The van der Waals surface area contributed by atoms with E-state index in [2.05, 4.69) is 5.92 Å². The topological polar surface area (TPSA) is 94.0 Å². The van der Waals surface area contributed by atoms with Crippen molar-refractivity contribution in [2.75, 3.05) is 25.1 Å². The van der Waals surface area contributed by atoms with Crippen LogP contribution < -0.4 is 10.5 Å². The van der Waals surface area contributed by atoms with Crippen LogP contribution in [0.3, 0.4) is 0 Å². The number of aromatic nitrogens is 2. The number of terminal acetylenes is 1. The number of halogens is 1. The monoisotopic (exact) mass is 578 g/mol. The molecule has 1 aliphatic heterocycles. The van der Waals surface area contributed by atoms with Gasteiger partial charge >= 0.3 is 11.9 Å². The van der Waals surface area contributed by atoms with E-state index in [0.717, 1.165) is 18.7 Å². The maximum Gasteiger partial charge on any atom is 0.338 e. The van der Waals surface area contributed by atoms with Crippen LogP contribution in [-0.4, -0.2) is 58.2 Å².